The first kappa shape index (κ1) is 21.2. The van der Waals surface area contributed by atoms with Crippen LogP contribution in [0.4, 0.5) is 0 Å². The number of halogens is 1. The third kappa shape index (κ3) is 2.94. The van der Waals surface area contributed by atoms with E-state index in [1.165, 1.54) is 13.0 Å². The van der Waals surface area contributed by atoms with E-state index >= 15 is 0 Å². The van der Waals surface area contributed by atoms with Gasteiger partial charge in [0, 0.05) is 23.1 Å². The van der Waals surface area contributed by atoms with Crippen LogP contribution in [0.3, 0.4) is 0 Å². The lowest BCUT2D eigenvalue weighted by Crippen LogP contribution is -2.42. The molecule has 0 spiro atoms. The maximum absolute atomic E-state index is 13.4. The minimum atomic E-state index is -1.04. The molecule has 4 unspecified atom stereocenters. The number of fused-ring (bicyclic) bond motifs is 3. The van der Waals surface area contributed by atoms with Crippen molar-refractivity contribution in [2.45, 2.75) is 45.1 Å². The van der Waals surface area contributed by atoms with Gasteiger partial charge in [0.15, 0.2) is 17.3 Å². The third-order valence-corrected chi connectivity index (χ3v) is 7.84. The standard InChI is InChI=1S/C24H24ClNO6/c1-9(27)17-15(28)7-11-5-10-6-13-20(24(32)18(10)23(31)19(11)22(17)30)16(29)8-12(21(13)25)14-3-2-4-26-14/h8,10-11,14,19,26,28-29,31H,2-7H2,1H3. The van der Waals surface area contributed by atoms with Crippen molar-refractivity contribution in [1.82, 2.24) is 5.32 Å². The number of phenolic OH excluding ortho intramolecular Hbond substituents is 1. The van der Waals surface area contributed by atoms with E-state index in [9.17, 15) is 29.7 Å². The number of aliphatic hydroxyl groups is 2. The Bertz CT molecular complexity index is 1140. The molecule has 1 saturated heterocycles. The highest BCUT2D eigenvalue weighted by atomic mass is 35.5. The lowest BCUT2D eigenvalue weighted by molar-refractivity contribution is -0.125. The first-order valence-corrected chi connectivity index (χ1v) is 11.3. The molecule has 3 aliphatic carbocycles. The van der Waals surface area contributed by atoms with Gasteiger partial charge in [0.25, 0.3) is 0 Å². The number of aromatic hydroxyl groups is 1. The van der Waals surface area contributed by atoms with Crippen molar-refractivity contribution < 1.29 is 29.7 Å². The molecule has 1 aromatic rings. The number of ketones is 3. The predicted molar refractivity (Wildman–Crippen MR) is 116 cm³/mol. The number of phenols is 1. The van der Waals surface area contributed by atoms with Crippen molar-refractivity contribution in [2.75, 3.05) is 6.54 Å². The number of carbonyl (C=O) groups excluding carboxylic acids is 3. The number of rotatable bonds is 2. The van der Waals surface area contributed by atoms with Crippen LogP contribution in [0.25, 0.3) is 0 Å². The molecule has 4 aliphatic rings. The van der Waals surface area contributed by atoms with Gasteiger partial charge in [0.1, 0.15) is 17.3 Å². The van der Waals surface area contributed by atoms with Gasteiger partial charge in [0.05, 0.1) is 17.1 Å². The van der Waals surface area contributed by atoms with Gasteiger partial charge in [-0.05, 0) is 68.2 Å². The lowest BCUT2D eigenvalue weighted by Gasteiger charge is -2.41. The van der Waals surface area contributed by atoms with Gasteiger partial charge < -0.3 is 20.6 Å². The molecule has 7 nitrogen and oxygen atoms in total. The van der Waals surface area contributed by atoms with Gasteiger partial charge in [-0.3, -0.25) is 14.4 Å². The number of Topliss-reactive ketones (excluding diaryl/α,β-unsaturated/α-hetero) is 3. The van der Waals surface area contributed by atoms with Gasteiger partial charge in [-0.1, -0.05) is 11.6 Å². The number of nitrogens with one attached hydrogen (secondary N) is 1. The molecule has 1 fully saturated rings. The van der Waals surface area contributed by atoms with Crippen molar-refractivity contribution >= 4 is 29.0 Å². The Morgan fingerprint density at radius 1 is 1.19 bits per heavy atom. The summed E-state index contributed by atoms with van der Waals surface area (Å²) in [6.07, 6.45) is 2.70. The largest absolute Gasteiger partial charge is 0.511 e. The summed E-state index contributed by atoms with van der Waals surface area (Å²) in [7, 11) is 0. The summed E-state index contributed by atoms with van der Waals surface area (Å²) in [5.74, 6) is -4.39. The third-order valence-electron chi connectivity index (χ3n) is 7.39. The molecule has 1 heterocycles. The van der Waals surface area contributed by atoms with Crippen molar-refractivity contribution in [3.05, 3.63) is 50.4 Å². The average Bonchev–Trinajstić information content (AvgIpc) is 3.24. The quantitative estimate of drug-likeness (QED) is 0.499. The highest BCUT2D eigenvalue weighted by molar-refractivity contribution is 6.33. The van der Waals surface area contributed by atoms with E-state index in [4.69, 9.17) is 11.6 Å². The zero-order valence-corrected chi connectivity index (χ0v) is 18.3. The Morgan fingerprint density at radius 2 is 1.94 bits per heavy atom. The zero-order valence-electron chi connectivity index (χ0n) is 17.6. The summed E-state index contributed by atoms with van der Waals surface area (Å²) >= 11 is 6.73. The Labute approximate surface area is 189 Å². The van der Waals surface area contributed by atoms with Gasteiger partial charge >= 0.3 is 0 Å². The van der Waals surface area contributed by atoms with Crippen LogP contribution in [-0.4, -0.2) is 39.2 Å². The molecule has 4 N–H and O–H groups in total. The number of aliphatic hydroxyl groups excluding tert-OH is 2. The summed E-state index contributed by atoms with van der Waals surface area (Å²) in [6.45, 7) is 2.05. The van der Waals surface area contributed by atoms with E-state index < -0.39 is 29.2 Å². The van der Waals surface area contributed by atoms with E-state index in [2.05, 4.69) is 5.32 Å². The second-order valence-electron chi connectivity index (χ2n) is 9.25. The molecule has 1 aromatic carbocycles. The number of benzene rings is 1. The fourth-order valence-corrected chi connectivity index (χ4v) is 6.38. The molecule has 0 saturated carbocycles. The molecule has 1 aliphatic heterocycles. The van der Waals surface area contributed by atoms with Crippen LogP contribution in [0.5, 0.6) is 5.75 Å². The lowest BCUT2D eigenvalue weighted by atomic mass is 9.62. The van der Waals surface area contributed by atoms with Crippen LogP contribution in [0.2, 0.25) is 5.02 Å². The van der Waals surface area contributed by atoms with E-state index in [0.29, 0.717) is 23.4 Å². The summed E-state index contributed by atoms with van der Waals surface area (Å²) < 4.78 is 0. The second kappa shape index (κ2) is 7.46. The fraction of sp³-hybridized carbons (Fsp3) is 0.458. The SMILES string of the molecule is CC(=O)C1=C(O)CC2CC3Cc4c(Cl)c(C5CCCN5)cc(O)c4C(=O)C3=C(O)C2C1=O. The van der Waals surface area contributed by atoms with Gasteiger partial charge in [-0.25, -0.2) is 0 Å². The normalized spacial score (nSPS) is 29.7. The highest BCUT2D eigenvalue weighted by Gasteiger charge is 2.50. The van der Waals surface area contributed by atoms with E-state index in [1.54, 1.807) is 0 Å². The predicted octanol–water partition coefficient (Wildman–Crippen LogP) is 3.65. The van der Waals surface area contributed by atoms with Crippen LogP contribution >= 0.6 is 11.6 Å². The molecule has 0 amide bonds. The summed E-state index contributed by atoms with van der Waals surface area (Å²) in [5, 5.41) is 35.9. The maximum Gasteiger partial charge on any atom is 0.196 e. The van der Waals surface area contributed by atoms with E-state index in [1.807, 2.05) is 0 Å². The molecular weight excluding hydrogens is 434 g/mol. The molecule has 32 heavy (non-hydrogen) atoms. The van der Waals surface area contributed by atoms with Crippen molar-refractivity contribution in [3.8, 4) is 5.75 Å². The summed E-state index contributed by atoms with van der Waals surface area (Å²) in [4.78, 5) is 38.3. The fourth-order valence-electron chi connectivity index (χ4n) is 6.02. The molecule has 168 valence electrons. The Morgan fingerprint density at radius 3 is 2.59 bits per heavy atom. The molecule has 5 rings (SSSR count). The molecule has 0 radical (unpaired) electrons. The Kier molecular flexibility index (Phi) is 4.94. The maximum atomic E-state index is 13.4. The van der Waals surface area contributed by atoms with Crippen molar-refractivity contribution in [2.24, 2.45) is 17.8 Å². The Hall–Kier alpha value is -2.64. The second-order valence-corrected chi connectivity index (χ2v) is 9.63. The number of hydrogen-bond donors (Lipinski definition) is 4. The highest BCUT2D eigenvalue weighted by Crippen LogP contribution is 2.51. The minimum Gasteiger partial charge on any atom is -0.511 e. The minimum absolute atomic E-state index is 0.0120. The van der Waals surface area contributed by atoms with E-state index in [-0.39, 0.29) is 52.4 Å². The van der Waals surface area contributed by atoms with Crippen LogP contribution < -0.4 is 5.32 Å². The van der Waals surface area contributed by atoms with Crippen LogP contribution in [0.1, 0.15) is 60.1 Å². The van der Waals surface area contributed by atoms with E-state index in [0.717, 1.165) is 24.9 Å². The summed E-state index contributed by atoms with van der Waals surface area (Å²) in [6, 6.07) is 1.53. The Balaban J connectivity index is 1.61. The molecule has 0 aromatic heterocycles. The molecule has 0 bridgehead atoms. The van der Waals surface area contributed by atoms with Crippen molar-refractivity contribution in [3.63, 3.8) is 0 Å². The monoisotopic (exact) mass is 457 g/mol. The zero-order chi connectivity index (χ0) is 22.9. The number of hydrogen-bond acceptors (Lipinski definition) is 7. The topological polar surface area (TPSA) is 124 Å². The van der Waals surface area contributed by atoms with Crippen LogP contribution in [0, 0.1) is 17.8 Å². The van der Waals surface area contributed by atoms with Gasteiger partial charge in [0.2, 0.25) is 0 Å². The van der Waals surface area contributed by atoms with Crippen LogP contribution in [0.15, 0.2) is 28.7 Å². The summed E-state index contributed by atoms with van der Waals surface area (Å²) in [5.41, 5.74) is 1.20. The average molecular weight is 458 g/mol. The first-order chi connectivity index (χ1) is 15.2. The number of carbonyl (C=O) groups is 3. The van der Waals surface area contributed by atoms with Crippen LogP contribution in [-0.2, 0) is 16.0 Å². The number of allylic oxidation sites excluding steroid dienone is 4. The smallest absolute Gasteiger partial charge is 0.196 e. The first-order valence-electron chi connectivity index (χ1n) is 10.9. The van der Waals surface area contributed by atoms with Gasteiger partial charge in [-0.15, -0.1) is 0 Å². The van der Waals surface area contributed by atoms with Gasteiger partial charge in [-0.2, -0.15) is 0 Å². The molecule has 8 heteroatoms. The van der Waals surface area contributed by atoms with Crippen molar-refractivity contribution in [1.29, 1.82) is 0 Å². The molecular formula is C24H24ClNO6. The molecule has 4 atom stereocenters.